The number of H-pyrrole nitrogens is 1. The third kappa shape index (κ3) is 2.05. The molecule has 0 saturated carbocycles. The van der Waals surface area contributed by atoms with Gasteiger partial charge in [-0.3, -0.25) is 0 Å². The first-order valence-electron chi connectivity index (χ1n) is 7.42. The van der Waals surface area contributed by atoms with Gasteiger partial charge < -0.3 is 14.3 Å². The summed E-state index contributed by atoms with van der Waals surface area (Å²) in [5.74, 6) is 1.98. The molecule has 5 heteroatoms. The molecule has 5 nitrogen and oxygen atoms in total. The van der Waals surface area contributed by atoms with E-state index in [0.717, 1.165) is 31.1 Å². The minimum Gasteiger partial charge on any atom is -0.371 e. The van der Waals surface area contributed by atoms with E-state index in [-0.39, 0.29) is 0 Å². The number of benzene rings is 1. The van der Waals surface area contributed by atoms with Crippen molar-refractivity contribution in [3.63, 3.8) is 0 Å². The number of hydrogen-bond donors (Lipinski definition) is 1. The molecule has 1 atom stereocenters. The number of ether oxygens (including phenoxy) is 1. The smallest absolute Gasteiger partial charge is 0.159 e. The maximum atomic E-state index is 5.59. The molecule has 1 aliphatic rings. The van der Waals surface area contributed by atoms with Crippen LogP contribution in [0.2, 0.25) is 0 Å². The number of para-hydroxylation sites is 1. The summed E-state index contributed by atoms with van der Waals surface area (Å²) in [4.78, 5) is 3.32. The lowest BCUT2D eigenvalue weighted by atomic mass is 10.1. The van der Waals surface area contributed by atoms with E-state index in [9.17, 15) is 0 Å². The SMILES string of the molecule is CCC1COCc2nnc(Cc3c[nH]c4ccccc34)n21. The summed E-state index contributed by atoms with van der Waals surface area (Å²) in [6, 6.07) is 8.72. The number of fused-ring (bicyclic) bond motifs is 2. The Labute approximate surface area is 123 Å². The van der Waals surface area contributed by atoms with Crippen molar-refractivity contribution in [3.8, 4) is 0 Å². The molecule has 0 aliphatic carbocycles. The summed E-state index contributed by atoms with van der Waals surface area (Å²) in [6.07, 6.45) is 3.91. The maximum Gasteiger partial charge on any atom is 0.159 e. The topological polar surface area (TPSA) is 55.7 Å². The van der Waals surface area contributed by atoms with E-state index in [1.165, 1.54) is 16.5 Å². The highest BCUT2D eigenvalue weighted by atomic mass is 16.5. The Hall–Kier alpha value is -2.14. The molecule has 4 rings (SSSR count). The van der Waals surface area contributed by atoms with Gasteiger partial charge in [0.2, 0.25) is 0 Å². The van der Waals surface area contributed by atoms with Gasteiger partial charge in [-0.2, -0.15) is 0 Å². The summed E-state index contributed by atoms with van der Waals surface area (Å²) in [7, 11) is 0. The van der Waals surface area contributed by atoms with E-state index in [4.69, 9.17) is 4.74 Å². The van der Waals surface area contributed by atoms with Gasteiger partial charge in [-0.1, -0.05) is 25.1 Å². The van der Waals surface area contributed by atoms with E-state index >= 15 is 0 Å². The van der Waals surface area contributed by atoms with Gasteiger partial charge in [0, 0.05) is 23.5 Å². The van der Waals surface area contributed by atoms with Crippen LogP contribution in [0.15, 0.2) is 30.5 Å². The number of nitrogens with one attached hydrogen (secondary N) is 1. The van der Waals surface area contributed by atoms with Crippen LogP contribution in [0, 0.1) is 0 Å². The van der Waals surface area contributed by atoms with Crippen LogP contribution in [-0.4, -0.2) is 26.4 Å². The van der Waals surface area contributed by atoms with Crippen molar-refractivity contribution in [1.82, 2.24) is 19.7 Å². The van der Waals surface area contributed by atoms with Crippen LogP contribution in [0.1, 0.15) is 36.6 Å². The van der Waals surface area contributed by atoms with Crippen LogP contribution in [0.5, 0.6) is 0 Å². The van der Waals surface area contributed by atoms with Crippen molar-refractivity contribution in [2.45, 2.75) is 32.4 Å². The van der Waals surface area contributed by atoms with Crippen LogP contribution in [0.3, 0.4) is 0 Å². The monoisotopic (exact) mass is 282 g/mol. The molecule has 1 aliphatic heterocycles. The molecule has 21 heavy (non-hydrogen) atoms. The fourth-order valence-electron chi connectivity index (χ4n) is 3.11. The normalized spacial score (nSPS) is 18.0. The zero-order valence-electron chi connectivity index (χ0n) is 12.0. The van der Waals surface area contributed by atoms with Gasteiger partial charge in [0.05, 0.1) is 12.6 Å². The second-order valence-electron chi connectivity index (χ2n) is 5.52. The standard InChI is InChI=1S/C16H18N4O/c1-2-12-9-21-10-16-19-18-15(20(12)16)7-11-8-17-14-6-4-3-5-13(11)14/h3-6,8,12,17H,2,7,9-10H2,1H3. The fourth-order valence-corrected chi connectivity index (χ4v) is 3.11. The average molecular weight is 282 g/mol. The molecule has 3 heterocycles. The molecule has 0 radical (unpaired) electrons. The average Bonchev–Trinajstić information content (AvgIpc) is 3.13. The Morgan fingerprint density at radius 1 is 1.33 bits per heavy atom. The molecule has 1 aromatic carbocycles. The van der Waals surface area contributed by atoms with Crippen molar-refractivity contribution in [1.29, 1.82) is 0 Å². The Bertz CT molecular complexity index is 774. The number of aromatic amines is 1. The van der Waals surface area contributed by atoms with E-state index in [0.29, 0.717) is 12.6 Å². The van der Waals surface area contributed by atoms with Gasteiger partial charge in [-0.05, 0) is 18.1 Å². The summed E-state index contributed by atoms with van der Waals surface area (Å²) < 4.78 is 7.86. The maximum absolute atomic E-state index is 5.59. The summed E-state index contributed by atoms with van der Waals surface area (Å²) in [5.41, 5.74) is 2.43. The fraction of sp³-hybridized carbons (Fsp3) is 0.375. The van der Waals surface area contributed by atoms with E-state index < -0.39 is 0 Å². The first kappa shape index (κ1) is 12.6. The highest BCUT2D eigenvalue weighted by Crippen LogP contribution is 2.25. The molecule has 2 aromatic heterocycles. The molecule has 0 saturated heterocycles. The molecule has 108 valence electrons. The second kappa shape index (κ2) is 5.00. The van der Waals surface area contributed by atoms with Crippen LogP contribution >= 0.6 is 0 Å². The molecule has 1 N–H and O–H groups in total. The Kier molecular flexibility index (Phi) is 3.00. The molecule has 1 unspecified atom stereocenters. The molecular formula is C16H18N4O. The Morgan fingerprint density at radius 2 is 2.24 bits per heavy atom. The Balaban J connectivity index is 1.73. The van der Waals surface area contributed by atoms with E-state index in [1.54, 1.807) is 0 Å². The first-order valence-corrected chi connectivity index (χ1v) is 7.42. The van der Waals surface area contributed by atoms with Gasteiger partial charge in [0.15, 0.2) is 5.82 Å². The van der Waals surface area contributed by atoms with Gasteiger partial charge in [0.1, 0.15) is 12.4 Å². The Morgan fingerprint density at radius 3 is 3.14 bits per heavy atom. The molecule has 0 bridgehead atoms. The second-order valence-corrected chi connectivity index (χ2v) is 5.52. The summed E-state index contributed by atoms with van der Waals surface area (Å²) >= 11 is 0. The number of nitrogens with zero attached hydrogens (tertiary/aromatic N) is 3. The van der Waals surface area contributed by atoms with Gasteiger partial charge in [0.25, 0.3) is 0 Å². The molecule has 0 spiro atoms. The van der Waals surface area contributed by atoms with Crippen LogP contribution in [0.4, 0.5) is 0 Å². The zero-order valence-corrected chi connectivity index (χ0v) is 12.0. The predicted molar refractivity (Wildman–Crippen MR) is 80.1 cm³/mol. The van der Waals surface area contributed by atoms with E-state index in [1.807, 2.05) is 6.07 Å². The third-order valence-corrected chi connectivity index (χ3v) is 4.24. The number of aromatic nitrogens is 4. The third-order valence-electron chi connectivity index (χ3n) is 4.24. The minimum absolute atomic E-state index is 0.351. The molecule has 0 amide bonds. The zero-order chi connectivity index (χ0) is 14.2. The quantitative estimate of drug-likeness (QED) is 0.803. The highest BCUT2D eigenvalue weighted by Gasteiger charge is 2.24. The van der Waals surface area contributed by atoms with Gasteiger partial charge >= 0.3 is 0 Å². The molecule has 0 fully saturated rings. The number of rotatable bonds is 3. The predicted octanol–water partition coefficient (Wildman–Crippen LogP) is 2.83. The largest absolute Gasteiger partial charge is 0.371 e. The van der Waals surface area contributed by atoms with Gasteiger partial charge in [-0.25, -0.2) is 0 Å². The lowest BCUT2D eigenvalue weighted by molar-refractivity contribution is 0.0525. The highest BCUT2D eigenvalue weighted by molar-refractivity contribution is 5.83. The van der Waals surface area contributed by atoms with E-state index in [2.05, 4.69) is 51.1 Å². The van der Waals surface area contributed by atoms with Crippen LogP contribution in [0.25, 0.3) is 10.9 Å². The molecular weight excluding hydrogens is 264 g/mol. The van der Waals surface area contributed by atoms with Crippen LogP contribution < -0.4 is 0 Å². The van der Waals surface area contributed by atoms with Gasteiger partial charge in [-0.15, -0.1) is 10.2 Å². The van der Waals surface area contributed by atoms with Crippen molar-refractivity contribution in [3.05, 3.63) is 47.7 Å². The van der Waals surface area contributed by atoms with Crippen molar-refractivity contribution in [2.24, 2.45) is 0 Å². The lowest BCUT2D eigenvalue weighted by Gasteiger charge is -2.25. The lowest BCUT2D eigenvalue weighted by Crippen LogP contribution is -2.25. The summed E-state index contributed by atoms with van der Waals surface area (Å²) in [6.45, 7) is 3.50. The molecule has 3 aromatic rings. The van der Waals surface area contributed by atoms with Crippen molar-refractivity contribution < 1.29 is 4.74 Å². The van der Waals surface area contributed by atoms with Crippen molar-refractivity contribution in [2.75, 3.05) is 6.61 Å². The van der Waals surface area contributed by atoms with Crippen molar-refractivity contribution >= 4 is 10.9 Å². The minimum atomic E-state index is 0.351. The summed E-state index contributed by atoms with van der Waals surface area (Å²) in [5, 5.41) is 9.95. The number of hydrogen-bond acceptors (Lipinski definition) is 3. The first-order chi connectivity index (χ1) is 10.4. The van der Waals surface area contributed by atoms with Crippen LogP contribution in [-0.2, 0) is 17.8 Å².